The molecule has 1 fully saturated rings. The third-order valence-electron chi connectivity index (χ3n) is 5.70. The maximum Gasteiger partial charge on any atom is 0.262 e. The molecule has 2 heterocycles. The number of nitrogens with one attached hydrogen (secondary N) is 2. The van der Waals surface area contributed by atoms with E-state index >= 15 is 0 Å². The van der Waals surface area contributed by atoms with Crippen LogP contribution < -0.4 is 16.4 Å². The molecule has 0 aliphatic carbocycles. The maximum absolute atomic E-state index is 13.1. The quantitative estimate of drug-likeness (QED) is 0.608. The van der Waals surface area contributed by atoms with Crippen LogP contribution in [0.1, 0.15) is 63.2 Å². The predicted molar refractivity (Wildman–Crippen MR) is 113 cm³/mol. The predicted octanol–water partition coefficient (Wildman–Crippen LogP) is 1.40. The number of benzene rings is 2. The van der Waals surface area contributed by atoms with Gasteiger partial charge in [-0.15, -0.1) is 0 Å². The smallest absolute Gasteiger partial charge is 0.262 e. The van der Waals surface area contributed by atoms with Crippen molar-refractivity contribution in [2.75, 3.05) is 0 Å². The Morgan fingerprint density at radius 1 is 1.06 bits per heavy atom. The molecule has 0 radical (unpaired) electrons. The number of nitrogens with two attached hydrogens (primary N) is 1. The standard InChI is InChI=1S/C23H24N4O4/c1-13(24)15-7-5-14(6-8-15)11-25-12-16-3-2-4-17-20(16)23(31)27(22(17)30)18-9-10-19(28)26-21(18)29/h2-8,13,18,25H,9-12,24H2,1H3,(H,26,28,29). The van der Waals surface area contributed by atoms with E-state index < -0.39 is 29.7 Å². The number of piperidine rings is 1. The lowest BCUT2D eigenvalue weighted by Crippen LogP contribution is -2.54. The lowest BCUT2D eigenvalue weighted by atomic mass is 10.0. The monoisotopic (exact) mass is 420 g/mol. The van der Waals surface area contributed by atoms with Crippen molar-refractivity contribution in [1.82, 2.24) is 15.5 Å². The highest BCUT2D eigenvalue weighted by molar-refractivity contribution is 6.24. The Hall–Kier alpha value is -3.36. The van der Waals surface area contributed by atoms with Gasteiger partial charge in [0.15, 0.2) is 0 Å². The molecule has 2 aliphatic rings. The van der Waals surface area contributed by atoms with E-state index in [-0.39, 0.29) is 24.4 Å². The van der Waals surface area contributed by atoms with Crippen molar-refractivity contribution >= 4 is 23.6 Å². The first-order valence-electron chi connectivity index (χ1n) is 10.3. The topological polar surface area (TPSA) is 122 Å². The van der Waals surface area contributed by atoms with Gasteiger partial charge in [-0.2, -0.15) is 0 Å². The molecule has 2 unspecified atom stereocenters. The average molecular weight is 420 g/mol. The minimum Gasteiger partial charge on any atom is -0.324 e. The number of rotatable bonds is 6. The lowest BCUT2D eigenvalue weighted by Gasteiger charge is -2.27. The lowest BCUT2D eigenvalue weighted by molar-refractivity contribution is -0.136. The summed E-state index contributed by atoms with van der Waals surface area (Å²) >= 11 is 0. The molecule has 2 atom stereocenters. The van der Waals surface area contributed by atoms with Crippen molar-refractivity contribution in [2.45, 2.75) is 44.9 Å². The molecule has 4 N–H and O–H groups in total. The van der Waals surface area contributed by atoms with Crippen LogP contribution in [0, 0.1) is 0 Å². The molecule has 2 aromatic carbocycles. The highest BCUT2D eigenvalue weighted by atomic mass is 16.2. The van der Waals surface area contributed by atoms with Gasteiger partial charge in [-0.25, -0.2) is 0 Å². The van der Waals surface area contributed by atoms with Gasteiger partial charge < -0.3 is 11.1 Å². The minimum atomic E-state index is -0.964. The first-order valence-corrected chi connectivity index (χ1v) is 10.3. The summed E-state index contributed by atoms with van der Waals surface area (Å²) in [6.07, 6.45) is 0.237. The number of nitrogens with zero attached hydrogens (tertiary/aromatic N) is 1. The normalized spacial score (nSPS) is 19.4. The third-order valence-corrected chi connectivity index (χ3v) is 5.70. The van der Waals surface area contributed by atoms with Gasteiger partial charge >= 0.3 is 0 Å². The van der Waals surface area contributed by atoms with E-state index in [4.69, 9.17) is 5.73 Å². The number of imide groups is 2. The van der Waals surface area contributed by atoms with Crippen molar-refractivity contribution in [2.24, 2.45) is 5.73 Å². The van der Waals surface area contributed by atoms with Crippen LogP contribution in [0.4, 0.5) is 0 Å². The second-order valence-corrected chi connectivity index (χ2v) is 7.92. The van der Waals surface area contributed by atoms with Crippen molar-refractivity contribution < 1.29 is 19.2 Å². The molecule has 2 aliphatic heterocycles. The Morgan fingerprint density at radius 2 is 1.81 bits per heavy atom. The second-order valence-electron chi connectivity index (χ2n) is 7.92. The zero-order chi connectivity index (χ0) is 22.1. The molecule has 1 saturated heterocycles. The van der Waals surface area contributed by atoms with Crippen molar-refractivity contribution in [3.05, 3.63) is 70.3 Å². The van der Waals surface area contributed by atoms with Gasteiger partial charge in [-0.3, -0.25) is 29.4 Å². The van der Waals surface area contributed by atoms with Crippen molar-refractivity contribution in [3.63, 3.8) is 0 Å². The fraction of sp³-hybridized carbons (Fsp3) is 0.304. The zero-order valence-electron chi connectivity index (χ0n) is 17.2. The summed E-state index contributed by atoms with van der Waals surface area (Å²) in [7, 11) is 0. The number of hydrogen-bond donors (Lipinski definition) is 3. The van der Waals surface area contributed by atoms with Crippen molar-refractivity contribution in [3.8, 4) is 0 Å². The molecule has 160 valence electrons. The van der Waals surface area contributed by atoms with Crippen LogP contribution in [0.15, 0.2) is 42.5 Å². The molecule has 4 rings (SSSR count). The number of carbonyl (C=O) groups is 4. The highest BCUT2D eigenvalue weighted by Crippen LogP contribution is 2.30. The van der Waals surface area contributed by atoms with Gasteiger partial charge in [0.05, 0.1) is 11.1 Å². The van der Waals surface area contributed by atoms with Crippen LogP contribution in [0.2, 0.25) is 0 Å². The SMILES string of the molecule is CC(N)c1ccc(CNCc2cccc3c2C(=O)N(C2CCC(=O)NC2=O)C3=O)cc1. The minimum absolute atomic E-state index is 0.0234. The largest absolute Gasteiger partial charge is 0.324 e. The summed E-state index contributed by atoms with van der Waals surface area (Å²) in [6.45, 7) is 2.90. The molecule has 0 saturated carbocycles. The van der Waals surface area contributed by atoms with Gasteiger partial charge in [0.1, 0.15) is 6.04 Å². The number of hydrogen-bond acceptors (Lipinski definition) is 6. The Balaban J connectivity index is 1.48. The van der Waals surface area contributed by atoms with E-state index in [1.54, 1.807) is 18.2 Å². The second kappa shape index (κ2) is 8.41. The number of amides is 4. The van der Waals surface area contributed by atoms with E-state index in [9.17, 15) is 19.2 Å². The van der Waals surface area contributed by atoms with Crippen LogP contribution in [0.5, 0.6) is 0 Å². The Morgan fingerprint density at radius 3 is 2.48 bits per heavy atom. The van der Waals surface area contributed by atoms with Crippen LogP contribution >= 0.6 is 0 Å². The van der Waals surface area contributed by atoms with Gasteiger partial charge in [0.25, 0.3) is 11.8 Å². The van der Waals surface area contributed by atoms with Crippen LogP contribution in [0.3, 0.4) is 0 Å². The van der Waals surface area contributed by atoms with Crippen molar-refractivity contribution in [1.29, 1.82) is 0 Å². The van der Waals surface area contributed by atoms with Crippen LogP contribution in [-0.2, 0) is 22.7 Å². The van der Waals surface area contributed by atoms with E-state index in [1.165, 1.54) is 0 Å². The maximum atomic E-state index is 13.1. The van der Waals surface area contributed by atoms with E-state index in [0.717, 1.165) is 16.0 Å². The third kappa shape index (κ3) is 3.99. The summed E-state index contributed by atoms with van der Waals surface area (Å²) in [4.78, 5) is 50.6. The molecule has 8 heteroatoms. The Labute approximate surface area is 179 Å². The fourth-order valence-corrected chi connectivity index (χ4v) is 4.01. The molecule has 0 aromatic heterocycles. The Bertz CT molecular complexity index is 1060. The zero-order valence-corrected chi connectivity index (χ0v) is 17.2. The summed E-state index contributed by atoms with van der Waals surface area (Å²) < 4.78 is 0. The highest BCUT2D eigenvalue weighted by Gasteiger charge is 2.45. The Kier molecular flexibility index (Phi) is 5.67. The summed E-state index contributed by atoms with van der Waals surface area (Å²) in [5.41, 5.74) is 9.30. The summed E-state index contributed by atoms with van der Waals surface area (Å²) in [5, 5.41) is 5.51. The van der Waals surface area contributed by atoms with Crippen LogP contribution in [-0.4, -0.2) is 34.6 Å². The molecular formula is C23H24N4O4. The molecule has 31 heavy (non-hydrogen) atoms. The van der Waals surface area contributed by atoms with Gasteiger partial charge in [0, 0.05) is 25.6 Å². The number of carbonyl (C=O) groups excluding carboxylic acids is 4. The molecule has 0 spiro atoms. The van der Waals surface area contributed by atoms with E-state index in [1.807, 2.05) is 31.2 Å². The molecular weight excluding hydrogens is 396 g/mol. The van der Waals surface area contributed by atoms with Gasteiger partial charge in [-0.05, 0) is 36.1 Å². The molecule has 4 amide bonds. The first-order chi connectivity index (χ1) is 14.9. The molecule has 0 bridgehead atoms. The number of fused-ring (bicyclic) bond motifs is 1. The molecule has 2 aromatic rings. The summed E-state index contributed by atoms with van der Waals surface area (Å²) in [6, 6.07) is 12.1. The average Bonchev–Trinajstić information content (AvgIpc) is 3.00. The summed E-state index contributed by atoms with van der Waals surface area (Å²) in [5.74, 6) is -1.99. The van der Waals surface area contributed by atoms with Gasteiger partial charge in [0.2, 0.25) is 11.8 Å². The van der Waals surface area contributed by atoms with E-state index in [0.29, 0.717) is 24.2 Å². The first kappa shape index (κ1) is 20.9. The van der Waals surface area contributed by atoms with Crippen LogP contribution in [0.25, 0.3) is 0 Å². The van der Waals surface area contributed by atoms with E-state index in [2.05, 4.69) is 10.6 Å². The van der Waals surface area contributed by atoms with Gasteiger partial charge in [-0.1, -0.05) is 36.4 Å². The fourth-order valence-electron chi connectivity index (χ4n) is 4.01. The molecule has 8 nitrogen and oxygen atoms in total.